The van der Waals surface area contributed by atoms with Crippen LogP contribution in [-0.4, -0.2) is 40.1 Å². The maximum atomic E-state index is 12.9. The Morgan fingerprint density at radius 1 is 1.14 bits per heavy atom. The smallest absolute Gasteiger partial charge is 0.322 e. The molecule has 4 aromatic rings. The molecule has 0 spiro atoms. The zero-order valence-electron chi connectivity index (χ0n) is 19.0. The Morgan fingerprint density at radius 2 is 1.94 bits per heavy atom. The predicted octanol–water partition coefficient (Wildman–Crippen LogP) is 3.56. The van der Waals surface area contributed by atoms with Gasteiger partial charge in [-0.05, 0) is 48.7 Å². The van der Waals surface area contributed by atoms with Gasteiger partial charge >= 0.3 is 5.97 Å². The van der Waals surface area contributed by atoms with Gasteiger partial charge in [0, 0.05) is 54.4 Å². The zero-order chi connectivity index (χ0) is 24.7. The summed E-state index contributed by atoms with van der Waals surface area (Å²) in [7, 11) is -4.03. The van der Waals surface area contributed by atoms with Crippen molar-refractivity contribution >= 4 is 26.9 Å². The molecule has 2 aromatic heterocycles. The van der Waals surface area contributed by atoms with E-state index in [1.807, 2.05) is 35.0 Å². The first kappa shape index (κ1) is 24.3. The molecule has 0 fully saturated rings. The van der Waals surface area contributed by atoms with Gasteiger partial charge in [-0.2, -0.15) is 4.72 Å². The van der Waals surface area contributed by atoms with Gasteiger partial charge in [0.05, 0.1) is 11.2 Å². The molecule has 3 N–H and O–H groups in total. The van der Waals surface area contributed by atoms with Crippen molar-refractivity contribution in [1.82, 2.24) is 19.3 Å². The minimum atomic E-state index is -4.03. The largest absolute Gasteiger partial charge is 0.480 e. The number of para-hydroxylation sites is 1. The number of H-pyrrole nitrogens is 1. The third-order valence-electron chi connectivity index (χ3n) is 5.62. The number of unbranched alkanes of at least 4 members (excludes halogenated alkanes) is 2. The van der Waals surface area contributed by atoms with Crippen molar-refractivity contribution in [2.75, 3.05) is 0 Å². The van der Waals surface area contributed by atoms with Crippen molar-refractivity contribution in [3.63, 3.8) is 0 Å². The maximum Gasteiger partial charge on any atom is 0.322 e. The number of fused-ring (bicyclic) bond motifs is 1. The van der Waals surface area contributed by atoms with Gasteiger partial charge in [-0.15, -0.1) is 0 Å². The number of imidazole rings is 1. The molecule has 2 heterocycles. The summed E-state index contributed by atoms with van der Waals surface area (Å²) in [6, 6.07) is 12.3. The number of benzene rings is 2. The number of aliphatic carboxylic acids is 1. The summed E-state index contributed by atoms with van der Waals surface area (Å²) in [4.78, 5) is 18.9. The summed E-state index contributed by atoms with van der Waals surface area (Å²) in [6.45, 7) is 0.902. The predicted molar refractivity (Wildman–Crippen MR) is 133 cm³/mol. The van der Waals surface area contributed by atoms with Gasteiger partial charge < -0.3 is 14.7 Å². The van der Waals surface area contributed by atoms with Crippen molar-refractivity contribution in [3.8, 4) is 11.8 Å². The second-order valence-corrected chi connectivity index (χ2v) is 9.87. The topological polar surface area (TPSA) is 117 Å². The summed E-state index contributed by atoms with van der Waals surface area (Å²) in [6.07, 6.45) is 9.89. The van der Waals surface area contributed by atoms with Crippen molar-refractivity contribution in [3.05, 3.63) is 84.6 Å². The van der Waals surface area contributed by atoms with E-state index < -0.39 is 22.0 Å². The fourth-order valence-corrected chi connectivity index (χ4v) is 4.95. The number of aromatic amines is 1. The van der Waals surface area contributed by atoms with Crippen LogP contribution < -0.4 is 4.72 Å². The van der Waals surface area contributed by atoms with Gasteiger partial charge in [0.15, 0.2) is 0 Å². The molecule has 2 aromatic carbocycles. The lowest BCUT2D eigenvalue weighted by molar-refractivity contribution is -0.138. The van der Waals surface area contributed by atoms with E-state index in [1.54, 1.807) is 30.9 Å². The number of carbonyl (C=O) groups is 1. The lowest BCUT2D eigenvalue weighted by Crippen LogP contribution is -2.42. The van der Waals surface area contributed by atoms with Crippen LogP contribution in [0.3, 0.4) is 0 Å². The third-order valence-corrected chi connectivity index (χ3v) is 7.11. The summed E-state index contributed by atoms with van der Waals surface area (Å²) in [5, 5.41) is 10.5. The first-order valence-corrected chi connectivity index (χ1v) is 12.8. The Balaban J connectivity index is 1.35. The molecule has 8 nitrogen and oxygen atoms in total. The molecule has 4 rings (SSSR count). The van der Waals surface area contributed by atoms with E-state index in [4.69, 9.17) is 0 Å². The monoisotopic (exact) mass is 490 g/mol. The maximum absolute atomic E-state index is 12.9. The van der Waals surface area contributed by atoms with E-state index in [-0.39, 0.29) is 11.3 Å². The van der Waals surface area contributed by atoms with E-state index in [1.165, 1.54) is 12.1 Å². The van der Waals surface area contributed by atoms with Crippen LogP contribution in [0.15, 0.2) is 78.3 Å². The zero-order valence-corrected chi connectivity index (χ0v) is 19.8. The number of hydrogen-bond donors (Lipinski definition) is 3. The van der Waals surface area contributed by atoms with Crippen molar-refractivity contribution in [2.45, 2.75) is 43.2 Å². The van der Waals surface area contributed by atoms with Crippen LogP contribution in [0, 0.1) is 11.8 Å². The SMILES string of the molecule is O=C(O)[C@@H](Cc1c[nH]c2ccccc12)NS(=O)(=O)c1ccc(C#CCCCCn2ccnc2)cc1. The van der Waals surface area contributed by atoms with E-state index in [9.17, 15) is 18.3 Å². The second-order valence-electron chi connectivity index (χ2n) is 8.16. The van der Waals surface area contributed by atoms with Crippen LogP contribution in [0.4, 0.5) is 0 Å². The van der Waals surface area contributed by atoms with Crippen LogP contribution in [0.25, 0.3) is 10.9 Å². The molecule has 0 aliphatic rings. The summed E-state index contributed by atoms with van der Waals surface area (Å²) < 4.78 is 30.1. The number of aryl methyl sites for hydroxylation is 1. The number of carboxylic acids is 1. The Bertz CT molecular complexity index is 1450. The lowest BCUT2D eigenvalue weighted by Gasteiger charge is -2.14. The molecule has 35 heavy (non-hydrogen) atoms. The molecule has 1 atom stereocenters. The molecule has 0 bridgehead atoms. The number of rotatable bonds is 10. The molecular formula is C26H26N4O4S. The number of carboxylic acid groups (broad SMARTS) is 1. The van der Waals surface area contributed by atoms with Crippen molar-refractivity contribution in [1.29, 1.82) is 0 Å². The summed E-state index contributed by atoms with van der Waals surface area (Å²) >= 11 is 0. The first-order chi connectivity index (χ1) is 16.9. The Kier molecular flexibility index (Phi) is 7.65. The summed E-state index contributed by atoms with van der Waals surface area (Å²) in [5.74, 6) is 4.91. The number of hydrogen-bond acceptors (Lipinski definition) is 4. The second kappa shape index (κ2) is 11.0. The highest BCUT2D eigenvalue weighted by molar-refractivity contribution is 7.89. The van der Waals surface area contributed by atoms with Gasteiger partial charge in [-0.25, -0.2) is 13.4 Å². The minimum Gasteiger partial charge on any atom is -0.480 e. The number of sulfonamides is 1. The molecule has 0 saturated heterocycles. The highest BCUT2D eigenvalue weighted by Crippen LogP contribution is 2.20. The number of aromatic nitrogens is 3. The quantitative estimate of drug-likeness (QED) is 0.232. The van der Waals surface area contributed by atoms with Crippen LogP contribution in [-0.2, 0) is 27.8 Å². The van der Waals surface area contributed by atoms with Crippen LogP contribution in [0.5, 0.6) is 0 Å². The van der Waals surface area contributed by atoms with Gasteiger partial charge in [-0.3, -0.25) is 4.79 Å². The van der Waals surface area contributed by atoms with Crippen molar-refractivity contribution in [2.24, 2.45) is 0 Å². The lowest BCUT2D eigenvalue weighted by atomic mass is 10.1. The average molecular weight is 491 g/mol. The standard InChI is InChI=1S/C26H26N4O4S/c31-26(32)25(17-21-18-28-24-9-5-4-8-23(21)24)29-35(33,34)22-12-10-20(11-13-22)7-3-1-2-6-15-30-16-14-27-19-30/h4-5,8-14,16,18-19,25,28-29H,1-2,6,15,17H2,(H,31,32)/t25-/m1/s1. The molecule has 180 valence electrons. The molecule has 0 amide bonds. The number of nitrogens with one attached hydrogen (secondary N) is 2. The Morgan fingerprint density at radius 3 is 2.69 bits per heavy atom. The fourth-order valence-electron chi connectivity index (χ4n) is 3.76. The Labute approximate surface area is 204 Å². The fraction of sp³-hybridized carbons (Fsp3) is 0.231. The van der Waals surface area contributed by atoms with Gasteiger partial charge in [0.1, 0.15) is 6.04 Å². The molecule has 0 saturated carbocycles. The van der Waals surface area contributed by atoms with Gasteiger partial charge in [-0.1, -0.05) is 30.0 Å². The third kappa shape index (κ3) is 6.38. The molecule has 0 radical (unpaired) electrons. The molecule has 0 aliphatic heterocycles. The Hall–Kier alpha value is -3.87. The average Bonchev–Trinajstić information content (AvgIpc) is 3.51. The molecule has 0 unspecified atom stereocenters. The van der Waals surface area contributed by atoms with E-state index in [2.05, 4.69) is 26.5 Å². The summed E-state index contributed by atoms with van der Waals surface area (Å²) in [5.41, 5.74) is 2.29. The van der Waals surface area contributed by atoms with Crippen LogP contribution in [0.1, 0.15) is 30.4 Å². The van der Waals surface area contributed by atoms with Crippen LogP contribution in [0.2, 0.25) is 0 Å². The molecular weight excluding hydrogens is 464 g/mol. The molecule has 9 heteroatoms. The highest BCUT2D eigenvalue weighted by atomic mass is 32.2. The van der Waals surface area contributed by atoms with Crippen molar-refractivity contribution < 1.29 is 18.3 Å². The van der Waals surface area contributed by atoms with E-state index in [0.717, 1.165) is 42.3 Å². The first-order valence-electron chi connectivity index (χ1n) is 11.3. The van der Waals surface area contributed by atoms with Crippen LogP contribution >= 0.6 is 0 Å². The minimum absolute atomic E-state index is 0.00596. The van der Waals surface area contributed by atoms with Gasteiger partial charge in [0.2, 0.25) is 10.0 Å². The highest BCUT2D eigenvalue weighted by Gasteiger charge is 2.26. The van der Waals surface area contributed by atoms with E-state index in [0.29, 0.717) is 5.56 Å². The van der Waals surface area contributed by atoms with E-state index >= 15 is 0 Å². The normalized spacial score (nSPS) is 12.2. The molecule has 0 aliphatic carbocycles. The number of nitrogens with zero attached hydrogens (tertiary/aromatic N) is 2. The van der Waals surface area contributed by atoms with Gasteiger partial charge in [0.25, 0.3) is 0 Å².